The van der Waals surface area contributed by atoms with E-state index in [2.05, 4.69) is 20.3 Å². The molecular formula is C23H29N5O4. The smallest absolute Gasteiger partial charge is 0.300 e. The number of benzene rings is 1. The molecule has 1 saturated heterocycles. The summed E-state index contributed by atoms with van der Waals surface area (Å²) in [6, 6.07) is 8.88. The molecule has 170 valence electrons. The number of likely N-dealkylation sites (tertiary alicyclic amines) is 1. The molecule has 4 rings (SSSR count). The lowest BCUT2D eigenvalue weighted by Crippen LogP contribution is -2.55. The maximum absolute atomic E-state index is 14.0. The van der Waals surface area contributed by atoms with Gasteiger partial charge in [0.25, 0.3) is 5.91 Å². The van der Waals surface area contributed by atoms with Gasteiger partial charge >= 0.3 is 5.97 Å². The Morgan fingerprint density at radius 2 is 1.84 bits per heavy atom. The summed E-state index contributed by atoms with van der Waals surface area (Å²) in [6.07, 6.45) is 6.25. The lowest BCUT2D eigenvalue weighted by molar-refractivity contribution is -0.890. The Morgan fingerprint density at radius 3 is 2.53 bits per heavy atom. The van der Waals surface area contributed by atoms with Crippen molar-refractivity contribution < 1.29 is 23.9 Å². The molecule has 9 nitrogen and oxygen atoms in total. The maximum atomic E-state index is 14.0. The largest absolute Gasteiger partial charge is 0.837 e. The van der Waals surface area contributed by atoms with E-state index in [9.17, 15) is 14.7 Å². The normalized spacial score (nSPS) is 25.2. The fourth-order valence-corrected chi connectivity index (χ4v) is 4.96. The quantitative estimate of drug-likeness (QED) is 0.506. The van der Waals surface area contributed by atoms with Gasteiger partial charge in [0.05, 0.1) is 13.6 Å². The Balaban J connectivity index is 1.40. The van der Waals surface area contributed by atoms with Gasteiger partial charge < -0.3 is 14.3 Å². The van der Waals surface area contributed by atoms with E-state index >= 15 is 0 Å². The van der Waals surface area contributed by atoms with E-state index in [1.807, 2.05) is 13.1 Å². The number of rotatable bonds is 7. The first-order valence-corrected chi connectivity index (χ1v) is 11.1. The van der Waals surface area contributed by atoms with Crippen LogP contribution in [-0.4, -0.2) is 64.1 Å². The predicted molar refractivity (Wildman–Crippen MR) is 114 cm³/mol. The molecule has 1 aromatic carbocycles. The van der Waals surface area contributed by atoms with Crippen molar-refractivity contribution in [3.05, 3.63) is 48.5 Å². The number of aromatic nitrogens is 3. The van der Waals surface area contributed by atoms with Crippen LogP contribution in [0.2, 0.25) is 0 Å². The van der Waals surface area contributed by atoms with Crippen molar-refractivity contribution in [1.82, 2.24) is 15.0 Å². The van der Waals surface area contributed by atoms with Gasteiger partial charge in [0.2, 0.25) is 5.95 Å². The molecule has 1 saturated carbocycles. The predicted octanol–water partition coefficient (Wildman–Crippen LogP) is 1.02. The molecule has 0 spiro atoms. The van der Waals surface area contributed by atoms with E-state index in [4.69, 9.17) is 4.74 Å². The first-order valence-electron chi connectivity index (χ1n) is 11.1. The minimum absolute atomic E-state index is 0.198. The minimum Gasteiger partial charge on any atom is -0.837 e. The lowest BCUT2D eigenvalue weighted by Gasteiger charge is -2.44. The van der Waals surface area contributed by atoms with Crippen LogP contribution in [0.4, 0.5) is 5.95 Å². The molecular weight excluding hydrogens is 410 g/mol. The molecule has 1 aromatic heterocycles. The number of nitrogens with one attached hydrogen (secondary N) is 1. The van der Waals surface area contributed by atoms with Crippen molar-refractivity contribution in [2.24, 2.45) is 5.92 Å². The average molecular weight is 440 g/mol. The molecule has 1 amide bonds. The minimum atomic E-state index is -1.89. The lowest BCUT2D eigenvalue weighted by atomic mass is 9.80. The third-order valence-corrected chi connectivity index (χ3v) is 6.61. The first-order chi connectivity index (χ1) is 15.4. The molecule has 1 aliphatic heterocycles. The summed E-state index contributed by atoms with van der Waals surface area (Å²) in [6.45, 7) is 1.35. The monoisotopic (exact) mass is 439 g/mol. The van der Waals surface area contributed by atoms with E-state index in [-0.39, 0.29) is 24.3 Å². The van der Waals surface area contributed by atoms with Crippen molar-refractivity contribution in [2.75, 3.05) is 32.0 Å². The first kappa shape index (κ1) is 22.3. The van der Waals surface area contributed by atoms with Crippen molar-refractivity contribution in [1.29, 1.82) is 0 Å². The summed E-state index contributed by atoms with van der Waals surface area (Å²) in [5.41, 5.74) is -1.41. The number of carbonyl (C=O) groups is 2. The average Bonchev–Trinajstić information content (AvgIpc) is 3.45. The van der Waals surface area contributed by atoms with Crippen LogP contribution in [0.25, 0.3) is 0 Å². The van der Waals surface area contributed by atoms with Gasteiger partial charge in [0, 0.05) is 12.0 Å². The summed E-state index contributed by atoms with van der Waals surface area (Å²) in [4.78, 5) is 37.2. The fraction of sp³-hybridized carbons (Fsp3) is 0.522. The highest BCUT2D eigenvalue weighted by Crippen LogP contribution is 2.40. The van der Waals surface area contributed by atoms with Gasteiger partial charge in [-0.25, -0.2) is 15.0 Å². The van der Waals surface area contributed by atoms with E-state index < -0.39 is 17.7 Å². The zero-order valence-corrected chi connectivity index (χ0v) is 18.3. The van der Waals surface area contributed by atoms with Gasteiger partial charge in [0.1, 0.15) is 19.2 Å². The van der Waals surface area contributed by atoms with Crippen molar-refractivity contribution in [3.63, 3.8) is 0 Å². The zero-order chi connectivity index (χ0) is 22.6. The summed E-state index contributed by atoms with van der Waals surface area (Å²) in [7, 11) is 1.94. The third kappa shape index (κ3) is 4.78. The summed E-state index contributed by atoms with van der Waals surface area (Å²) >= 11 is 0. The maximum Gasteiger partial charge on any atom is 0.300 e. The summed E-state index contributed by atoms with van der Waals surface area (Å²) in [5.74, 6) is -0.970. The molecule has 3 atom stereocenters. The number of ether oxygens (including phenoxy) is 1. The third-order valence-electron chi connectivity index (χ3n) is 6.61. The van der Waals surface area contributed by atoms with Crippen LogP contribution in [0.15, 0.2) is 43.0 Å². The van der Waals surface area contributed by atoms with E-state index in [0.29, 0.717) is 29.6 Å². The summed E-state index contributed by atoms with van der Waals surface area (Å²) in [5, 5.41) is 16.6. The Morgan fingerprint density at radius 1 is 1.16 bits per heavy atom. The topological polar surface area (TPSA) is 117 Å². The number of quaternary nitrogens is 1. The van der Waals surface area contributed by atoms with E-state index in [1.54, 1.807) is 24.3 Å². The standard InChI is InChI=1S/C23H29N5O4/c1-28(14-20(29)27-22-25-15-24-16-26-22)12-11-19(13-28)32-21(30)23(31,18-9-5-6-10-18)17-7-3-2-4-8-17/h2-4,7-8,15-16,18-19H,5-6,9-14H2,1H3,(H,24,25,26,27,29)/t19-,23?,28?/m1/s1. The summed E-state index contributed by atoms with van der Waals surface area (Å²) < 4.78 is 6.22. The van der Waals surface area contributed by atoms with Crippen molar-refractivity contribution >= 4 is 17.8 Å². The molecule has 2 aromatic rings. The molecule has 1 N–H and O–H groups in total. The van der Waals surface area contributed by atoms with Gasteiger partial charge in [-0.05, 0) is 11.5 Å². The number of hydrogen-bond donors (Lipinski definition) is 1. The second kappa shape index (κ2) is 9.30. The second-order valence-electron chi connectivity index (χ2n) is 9.09. The second-order valence-corrected chi connectivity index (χ2v) is 9.09. The van der Waals surface area contributed by atoms with Crippen molar-refractivity contribution in [3.8, 4) is 0 Å². The number of likely N-dealkylation sites (N-methyl/N-ethyl adjacent to an activating group) is 1. The highest BCUT2D eigenvalue weighted by Gasteiger charge is 2.43. The molecule has 2 heterocycles. The Kier molecular flexibility index (Phi) is 6.48. The Hall–Kier alpha value is -2.91. The number of carbonyl (C=O) groups excluding carboxylic acids is 2. The number of amides is 1. The fourth-order valence-electron chi connectivity index (χ4n) is 4.96. The number of nitrogens with zero attached hydrogens (tertiary/aromatic N) is 4. The van der Waals surface area contributed by atoms with Crippen LogP contribution in [-0.2, 0) is 19.9 Å². The molecule has 0 bridgehead atoms. The highest BCUT2D eigenvalue weighted by atomic mass is 16.6. The Bertz CT molecular complexity index is 938. The molecule has 9 heteroatoms. The molecule has 2 aliphatic rings. The van der Waals surface area contributed by atoms with Crippen LogP contribution >= 0.6 is 0 Å². The number of esters is 1. The molecule has 32 heavy (non-hydrogen) atoms. The van der Waals surface area contributed by atoms with Crippen LogP contribution in [0.5, 0.6) is 0 Å². The molecule has 1 aliphatic carbocycles. The molecule has 2 unspecified atom stereocenters. The van der Waals surface area contributed by atoms with Crippen LogP contribution in [0.1, 0.15) is 37.7 Å². The Labute approximate surface area is 187 Å². The van der Waals surface area contributed by atoms with Crippen LogP contribution in [0, 0.1) is 5.92 Å². The van der Waals surface area contributed by atoms with Crippen molar-refractivity contribution in [2.45, 2.75) is 43.8 Å². The van der Waals surface area contributed by atoms with Gasteiger partial charge in [-0.2, -0.15) is 0 Å². The van der Waals surface area contributed by atoms with Crippen LogP contribution in [0.3, 0.4) is 0 Å². The number of hydrogen-bond acceptors (Lipinski definition) is 7. The van der Waals surface area contributed by atoms with Gasteiger partial charge in [0.15, 0.2) is 12.6 Å². The van der Waals surface area contributed by atoms with Gasteiger partial charge in [-0.1, -0.05) is 56.0 Å². The number of anilines is 1. The van der Waals surface area contributed by atoms with E-state index in [1.165, 1.54) is 12.7 Å². The zero-order valence-electron chi connectivity index (χ0n) is 18.3. The highest BCUT2D eigenvalue weighted by molar-refractivity contribution is 5.89. The molecule has 2 fully saturated rings. The molecule has 0 radical (unpaired) electrons. The van der Waals surface area contributed by atoms with Gasteiger partial charge in [-0.15, -0.1) is 0 Å². The van der Waals surface area contributed by atoms with Gasteiger partial charge in [-0.3, -0.25) is 14.9 Å². The SMILES string of the molecule is C[N+]1(CC(=O)Nc2ncncn2)CC[C@@H](OC(=O)C([O-])(c2ccccc2)C2CCCC2)C1. The van der Waals surface area contributed by atoms with Crippen LogP contribution < -0.4 is 10.4 Å². The van der Waals surface area contributed by atoms with E-state index in [0.717, 1.165) is 25.7 Å².